The fraction of sp³-hybridized carbons (Fsp3) is 0.600. The third kappa shape index (κ3) is 3.47. The molecule has 1 heterocycles. The minimum Gasteiger partial charge on any atom is -0.385 e. The van der Waals surface area contributed by atoms with Gasteiger partial charge in [0.1, 0.15) is 0 Å². The average molecular weight is 233 g/mol. The molecule has 1 aliphatic heterocycles. The second-order valence-corrected chi connectivity index (χ2v) is 5.94. The highest BCUT2D eigenvalue weighted by Gasteiger charge is 2.15. The van der Waals surface area contributed by atoms with Gasteiger partial charge in [-0.2, -0.15) is 0 Å². The summed E-state index contributed by atoms with van der Waals surface area (Å²) < 4.78 is 5.37. The Kier molecular flexibility index (Phi) is 3.72. The normalized spacial score (nSPS) is 20.5. The lowest BCUT2D eigenvalue weighted by Gasteiger charge is -2.19. The molecule has 1 aromatic carbocycles. The summed E-state index contributed by atoms with van der Waals surface area (Å²) in [4.78, 5) is 0. The minimum absolute atomic E-state index is 0.234. The van der Waals surface area contributed by atoms with Crippen LogP contribution in [0.4, 0.5) is 5.69 Å². The topological polar surface area (TPSA) is 21.3 Å². The largest absolute Gasteiger partial charge is 0.385 e. The molecule has 0 amide bonds. The average Bonchev–Trinajstić information content (AvgIpc) is 2.78. The monoisotopic (exact) mass is 233 g/mol. The summed E-state index contributed by atoms with van der Waals surface area (Å²) in [5.74, 6) is 0.678. The van der Waals surface area contributed by atoms with Crippen molar-refractivity contribution in [3.63, 3.8) is 0 Å². The van der Waals surface area contributed by atoms with Gasteiger partial charge in [0.2, 0.25) is 0 Å². The van der Waals surface area contributed by atoms with E-state index in [9.17, 15) is 0 Å². The molecule has 0 spiro atoms. The fourth-order valence-corrected chi connectivity index (χ4v) is 2.09. The SMILES string of the molecule is CC(C)(C)c1ccc(NCC2CCOC2)cc1. The standard InChI is InChI=1S/C15H23NO/c1-15(2,3)13-4-6-14(7-5-13)16-10-12-8-9-17-11-12/h4-7,12,16H,8-11H2,1-3H3. The molecule has 2 heteroatoms. The molecule has 0 aliphatic carbocycles. The van der Waals surface area contributed by atoms with Crippen LogP contribution in [0.5, 0.6) is 0 Å². The maximum absolute atomic E-state index is 5.37. The van der Waals surface area contributed by atoms with Gasteiger partial charge in [0.15, 0.2) is 0 Å². The molecule has 2 rings (SSSR count). The van der Waals surface area contributed by atoms with Crippen LogP contribution in [0.15, 0.2) is 24.3 Å². The summed E-state index contributed by atoms with van der Waals surface area (Å²) >= 11 is 0. The number of ether oxygens (including phenoxy) is 1. The van der Waals surface area contributed by atoms with E-state index in [1.165, 1.54) is 17.7 Å². The summed E-state index contributed by atoms with van der Waals surface area (Å²) in [7, 11) is 0. The first-order valence-electron chi connectivity index (χ1n) is 6.48. The van der Waals surface area contributed by atoms with E-state index in [0.29, 0.717) is 5.92 Å². The van der Waals surface area contributed by atoms with Crippen LogP contribution < -0.4 is 5.32 Å². The zero-order valence-electron chi connectivity index (χ0n) is 11.1. The van der Waals surface area contributed by atoms with Crippen LogP contribution in [0.3, 0.4) is 0 Å². The number of benzene rings is 1. The molecule has 17 heavy (non-hydrogen) atoms. The van der Waals surface area contributed by atoms with E-state index in [1.807, 2.05) is 0 Å². The summed E-state index contributed by atoms with van der Waals surface area (Å²) in [5.41, 5.74) is 2.83. The maximum Gasteiger partial charge on any atom is 0.0511 e. The Bertz CT molecular complexity index is 344. The molecule has 94 valence electrons. The van der Waals surface area contributed by atoms with Gasteiger partial charge in [-0.15, -0.1) is 0 Å². The van der Waals surface area contributed by atoms with E-state index in [4.69, 9.17) is 4.74 Å². The molecule has 2 nitrogen and oxygen atoms in total. The molecule has 1 aromatic rings. The van der Waals surface area contributed by atoms with Gasteiger partial charge in [-0.05, 0) is 29.5 Å². The fourth-order valence-electron chi connectivity index (χ4n) is 2.09. The predicted molar refractivity (Wildman–Crippen MR) is 72.6 cm³/mol. The van der Waals surface area contributed by atoms with Crippen molar-refractivity contribution >= 4 is 5.69 Å². The van der Waals surface area contributed by atoms with Crippen molar-refractivity contribution in [2.45, 2.75) is 32.6 Å². The van der Waals surface area contributed by atoms with Crippen molar-refractivity contribution in [2.24, 2.45) is 5.92 Å². The summed E-state index contributed by atoms with van der Waals surface area (Å²) in [6.45, 7) is 9.58. The highest BCUT2D eigenvalue weighted by molar-refractivity contribution is 5.45. The summed E-state index contributed by atoms with van der Waals surface area (Å²) in [6.07, 6.45) is 1.19. The Morgan fingerprint density at radius 1 is 1.24 bits per heavy atom. The third-order valence-corrected chi connectivity index (χ3v) is 3.37. The van der Waals surface area contributed by atoms with Crippen molar-refractivity contribution in [1.82, 2.24) is 0 Å². The van der Waals surface area contributed by atoms with E-state index in [0.717, 1.165) is 19.8 Å². The smallest absolute Gasteiger partial charge is 0.0511 e. The molecule has 1 fully saturated rings. The van der Waals surface area contributed by atoms with Gasteiger partial charge in [0, 0.05) is 24.8 Å². The van der Waals surface area contributed by atoms with Gasteiger partial charge in [0.25, 0.3) is 0 Å². The molecular weight excluding hydrogens is 210 g/mol. The van der Waals surface area contributed by atoms with Gasteiger partial charge in [-0.1, -0.05) is 32.9 Å². The van der Waals surface area contributed by atoms with Crippen LogP contribution in [-0.2, 0) is 10.2 Å². The van der Waals surface area contributed by atoms with E-state index >= 15 is 0 Å². The van der Waals surface area contributed by atoms with E-state index in [1.54, 1.807) is 0 Å². The molecule has 0 radical (unpaired) electrons. The maximum atomic E-state index is 5.37. The molecule has 0 bridgehead atoms. The second kappa shape index (κ2) is 5.09. The number of anilines is 1. The molecule has 1 unspecified atom stereocenters. The van der Waals surface area contributed by atoms with Crippen LogP contribution in [0.1, 0.15) is 32.8 Å². The molecule has 1 saturated heterocycles. The lowest BCUT2D eigenvalue weighted by molar-refractivity contribution is 0.187. The zero-order valence-corrected chi connectivity index (χ0v) is 11.1. The van der Waals surface area contributed by atoms with Crippen LogP contribution in [0.2, 0.25) is 0 Å². The van der Waals surface area contributed by atoms with Crippen molar-refractivity contribution in [2.75, 3.05) is 25.1 Å². The molecule has 0 aromatic heterocycles. The van der Waals surface area contributed by atoms with Gasteiger partial charge < -0.3 is 10.1 Å². The second-order valence-electron chi connectivity index (χ2n) is 5.94. The first kappa shape index (κ1) is 12.4. The van der Waals surface area contributed by atoms with Gasteiger partial charge in [0.05, 0.1) is 6.61 Å². The number of hydrogen-bond acceptors (Lipinski definition) is 2. The van der Waals surface area contributed by atoms with Crippen molar-refractivity contribution in [3.05, 3.63) is 29.8 Å². The third-order valence-electron chi connectivity index (χ3n) is 3.37. The van der Waals surface area contributed by atoms with Crippen molar-refractivity contribution in [3.8, 4) is 0 Å². The van der Waals surface area contributed by atoms with Gasteiger partial charge in [-0.3, -0.25) is 0 Å². The first-order valence-corrected chi connectivity index (χ1v) is 6.48. The van der Waals surface area contributed by atoms with Crippen LogP contribution >= 0.6 is 0 Å². The summed E-state index contributed by atoms with van der Waals surface area (Å²) in [5, 5.41) is 3.49. The van der Waals surface area contributed by atoms with E-state index in [-0.39, 0.29) is 5.41 Å². The predicted octanol–water partition coefficient (Wildman–Crippen LogP) is 3.43. The van der Waals surface area contributed by atoms with E-state index in [2.05, 4.69) is 50.4 Å². The van der Waals surface area contributed by atoms with Crippen LogP contribution in [0, 0.1) is 5.92 Å². The van der Waals surface area contributed by atoms with Gasteiger partial charge >= 0.3 is 0 Å². The van der Waals surface area contributed by atoms with Gasteiger partial charge in [-0.25, -0.2) is 0 Å². The molecule has 1 aliphatic rings. The number of hydrogen-bond donors (Lipinski definition) is 1. The van der Waals surface area contributed by atoms with E-state index < -0.39 is 0 Å². The lowest BCUT2D eigenvalue weighted by atomic mass is 9.87. The lowest BCUT2D eigenvalue weighted by Crippen LogP contribution is -2.14. The van der Waals surface area contributed by atoms with Crippen LogP contribution in [-0.4, -0.2) is 19.8 Å². The minimum atomic E-state index is 0.234. The Hall–Kier alpha value is -1.02. The molecule has 1 N–H and O–H groups in total. The summed E-state index contributed by atoms with van der Waals surface area (Å²) in [6, 6.07) is 8.79. The van der Waals surface area contributed by atoms with Crippen molar-refractivity contribution in [1.29, 1.82) is 0 Å². The first-order chi connectivity index (χ1) is 8.05. The number of rotatable bonds is 3. The Balaban J connectivity index is 1.89. The highest BCUT2D eigenvalue weighted by atomic mass is 16.5. The Morgan fingerprint density at radius 2 is 1.94 bits per heavy atom. The number of nitrogens with one attached hydrogen (secondary N) is 1. The zero-order chi connectivity index (χ0) is 12.3. The van der Waals surface area contributed by atoms with Crippen molar-refractivity contribution < 1.29 is 4.74 Å². The Labute approximate surface area is 104 Å². The molecular formula is C15H23NO. The highest BCUT2D eigenvalue weighted by Crippen LogP contribution is 2.23. The quantitative estimate of drug-likeness (QED) is 0.863. The van der Waals surface area contributed by atoms with Crippen LogP contribution in [0.25, 0.3) is 0 Å². The Morgan fingerprint density at radius 3 is 2.47 bits per heavy atom. The molecule has 1 atom stereocenters. The molecule has 0 saturated carbocycles.